The van der Waals surface area contributed by atoms with Crippen LogP contribution < -0.4 is 0 Å². The summed E-state index contributed by atoms with van der Waals surface area (Å²) < 4.78 is 0. The maximum atomic E-state index is 9.42. The van der Waals surface area contributed by atoms with Gasteiger partial charge in [0, 0.05) is 18.2 Å². The molecule has 2 rings (SSSR count). The molecular weight excluding hydrogens is 150 g/mol. The fraction of sp³-hybridized carbons (Fsp3) is 0.100. The Morgan fingerprint density at radius 2 is 2.25 bits per heavy atom. The highest BCUT2D eigenvalue weighted by Crippen LogP contribution is 2.24. The van der Waals surface area contributed by atoms with E-state index in [0.29, 0.717) is 12.2 Å². The van der Waals surface area contributed by atoms with Crippen molar-refractivity contribution in [2.45, 2.75) is 6.42 Å². The van der Waals surface area contributed by atoms with E-state index in [9.17, 15) is 5.11 Å². The second kappa shape index (κ2) is 2.81. The summed E-state index contributed by atoms with van der Waals surface area (Å²) in [5, 5.41) is 9.42. The van der Waals surface area contributed by atoms with Gasteiger partial charge >= 0.3 is 0 Å². The Kier molecular flexibility index (Phi) is 1.67. The quantitative estimate of drug-likeness (QED) is 0.682. The van der Waals surface area contributed by atoms with Crippen molar-refractivity contribution in [3.05, 3.63) is 48.0 Å². The first-order valence-electron chi connectivity index (χ1n) is 3.88. The van der Waals surface area contributed by atoms with Crippen LogP contribution in [-0.2, 0) is 0 Å². The van der Waals surface area contributed by atoms with Gasteiger partial charge in [-0.15, -0.1) is 0 Å². The van der Waals surface area contributed by atoms with Crippen molar-refractivity contribution in [2.24, 2.45) is 0 Å². The number of hydrogen-bond acceptors (Lipinski definition) is 2. The molecule has 1 aliphatic carbocycles. The zero-order valence-corrected chi connectivity index (χ0v) is 6.57. The SMILES string of the molecule is OC1=C(c2ccccn2)C=CC1. The second-order valence-electron chi connectivity index (χ2n) is 2.68. The number of aliphatic hydroxyl groups is 1. The molecular formula is C10H9NO. The largest absolute Gasteiger partial charge is 0.511 e. The normalized spacial score (nSPS) is 15.7. The molecule has 0 spiro atoms. The fourth-order valence-corrected chi connectivity index (χ4v) is 1.25. The van der Waals surface area contributed by atoms with E-state index in [0.717, 1.165) is 11.3 Å². The average Bonchev–Trinajstić information content (AvgIpc) is 2.53. The van der Waals surface area contributed by atoms with Gasteiger partial charge in [-0.25, -0.2) is 0 Å². The number of nitrogens with zero attached hydrogens (tertiary/aromatic N) is 1. The third-order valence-electron chi connectivity index (χ3n) is 1.85. The Morgan fingerprint density at radius 1 is 1.33 bits per heavy atom. The number of hydrogen-bond donors (Lipinski definition) is 1. The van der Waals surface area contributed by atoms with Gasteiger partial charge in [-0.1, -0.05) is 18.2 Å². The molecule has 0 atom stereocenters. The van der Waals surface area contributed by atoms with Gasteiger partial charge in [0.15, 0.2) is 0 Å². The molecule has 0 bridgehead atoms. The van der Waals surface area contributed by atoms with Crippen LogP contribution in [0.3, 0.4) is 0 Å². The van der Waals surface area contributed by atoms with Crippen LogP contribution in [0.15, 0.2) is 42.3 Å². The van der Waals surface area contributed by atoms with Crippen molar-refractivity contribution in [1.82, 2.24) is 4.98 Å². The summed E-state index contributed by atoms with van der Waals surface area (Å²) in [5.41, 5.74) is 1.68. The van der Waals surface area contributed by atoms with Crippen LogP contribution in [-0.4, -0.2) is 10.1 Å². The molecule has 0 radical (unpaired) electrons. The Labute approximate surface area is 70.9 Å². The summed E-state index contributed by atoms with van der Waals surface area (Å²) in [7, 11) is 0. The third-order valence-corrected chi connectivity index (χ3v) is 1.85. The van der Waals surface area contributed by atoms with Gasteiger partial charge in [-0.3, -0.25) is 4.98 Å². The molecule has 0 fully saturated rings. The van der Waals surface area contributed by atoms with Gasteiger partial charge in [-0.05, 0) is 12.1 Å². The molecule has 0 saturated carbocycles. The Balaban J connectivity index is 2.44. The van der Waals surface area contributed by atoms with Crippen LogP contribution in [0.4, 0.5) is 0 Å². The Bertz CT molecular complexity index is 338. The first kappa shape index (κ1) is 7.10. The van der Waals surface area contributed by atoms with E-state index in [1.54, 1.807) is 6.20 Å². The van der Waals surface area contributed by atoms with E-state index in [-0.39, 0.29) is 0 Å². The summed E-state index contributed by atoms with van der Waals surface area (Å²) >= 11 is 0. The first-order chi connectivity index (χ1) is 5.88. The molecule has 60 valence electrons. The van der Waals surface area contributed by atoms with Gasteiger partial charge in [0.05, 0.1) is 5.69 Å². The third kappa shape index (κ3) is 1.11. The molecule has 0 aromatic carbocycles. The van der Waals surface area contributed by atoms with Crippen molar-refractivity contribution in [3.8, 4) is 0 Å². The van der Waals surface area contributed by atoms with Crippen molar-refractivity contribution < 1.29 is 5.11 Å². The molecule has 0 aliphatic heterocycles. The average molecular weight is 159 g/mol. The smallest absolute Gasteiger partial charge is 0.105 e. The molecule has 1 N–H and O–H groups in total. The van der Waals surface area contributed by atoms with Crippen molar-refractivity contribution in [1.29, 1.82) is 0 Å². The lowest BCUT2D eigenvalue weighted by molar-refractivity contribution is 0.407. The predicted octanol–water partition coefficient (Wildman–Crippen LogP) is 2.31. The van der Waals surface area contributed by atoms with Crippen LogP contribution >= 0.6 is 0 Å². The number of aliphatic hydroxyl groups excluding tert-OH is 1. The summed E-state index contributed by atoms with van der Waals surface area (Å²) in [6, 6.07) is 5.66. The van der Waals surface area contributed by atoms with E-state index in [4.69, 9.17) is 0 Å². The molecule has 1 aliphatic rings. The first-order valence-corrected chi connectivity index (χ1v) is 3.88. The maximum absolute atomic E-state index is 9.42. The monoisotopic (exact) mass is 159 g/mol. The zero-order chi connectivity index (χ0) is 8.39. The minimum atomic E-state index is 0.411. The molecule has 1 aromatic heterocycles. The minimum absolute atomic E-state index is 0.411. The van der Waals surface area contributed by atoms with E-state index in [1.165, 1.54) is 0 Å². The standard InChI is InChI=1S/C10H9NO/c12-10-6-3-4-8(10)9-5-1-2-7-11-9/h1-5,7,12H,6H2. The van der Waals surface area contributed by atoms with Crippen LogP contribution in [0.25, 0.3) is 5.57 Å². The molecule has 0 amide bonds. The van der Waals surface area contributed by atoms with E-state index in [1.807, 2.05) is 30.4 Å². The summed E-state index contributed by atoms with van der Waals surface area (Å²) in [6.45, 7) is 0. The molecule has 2 nitrogen and oxygen atoms in total. The van der Waals surface area contributed by atoms with Crippen molar-refractivity contribution in [3.63, 3.8) is 0 Å². The molecule has 2 heteroatoms. The number of rotatable bonds is 1. The van der Waals surface area contributed by atoms with E-state index in [2.05, 4.69) is 4.98 Å². The maximum Gasteiger partial charge on any atom is 0.105 e. The van der Waals surface area contributed by atoms with Gasteiger partial charge in [0.1, 0.15) is 5.76 Å². The van der Waals surface area contributed by atoms with Gasteiger partial charge in [0.2, 0.25) is 0 Å². The molecule has 1 heterocycles. The van der Waals surface area contributed by atoms with Crippen molar-refractivity contribution in [2.75, 3.05) is 0 Å². The minimum Gasteiger partial charge on any atom is -0.511 e. The number of pyridine rings is 1. The van der Waals surface area contributed by atoms with Crippen LogP contribution in [0.5, 0.6) is 0 Å². The lowest BCUT2D eigenvalue weighted by atomic mass is 10.2. The van der Waals surface area contributed by atoms with E-state index >= 15 is 0 Å². The lowest BCUT2D eigenvalue weighted by Gasteiger charge is -1.98. The van der Waals surface area contributed by atoms with Gasteiger partial charge in [-0.2, -0.15) is 0 Å². The fourth-order valence-electron chi connectivity index (χ4n) is 1.25. The van der Waals surface area contributed by atoms with Crippen LogP contribution in [0, 0.1) is 0 Å². The molecule has 0 saturated heterocycles. The van der Waals surface area contributed by atoms with Gasteiger partial charge in [0.25, 0.3) is 0 Å². The summed E-state index contributed by atoms with van der Waals surface area (Å²) in [4.78, 5) is 4.14. The highest BCUT2D eigenvalue weighted by atomic mass is 16.3. The number of aromatic nitrogens is 1. The summed E-state index contributed by atoms with van der Waals surface area (Å²) in [5.74, 6) is 0.411. The highest BCUT2D eigenvalue weighted by Gasteiger charge is 2.09. The molecule has 0 unspecified atom stereocenters. The van der Waals surface area contributed by atoms with Crippen molar-refractivity contribution >= 4 is 5.57 Å². The molecule has 12 heavy (non-hydrogen) atoms. The van der Waals surface area contributed by atoms with Crippen LogP contribution in [0.1, 0.15) is 12.1 Å². The second-order valence-corrected chi connectivity index (χ2v) is 2.68. The Morgan fingerprint density at radius 3 is 2.83 bits per heavy atom. The zero-order valence-electron chi connectivity index (χ0n) is 6.57. The number of allylic oxidation sites excluding steroid dienone is 3. The summed E-state index contributed by atoms with van der Waals surface area (Å²) in [6.07, 6.45) is 6.19. The molecule has 1 aromatic rings. The predicted molar refractivity (Wildman–Crippen MR) is 47.5 cm³/mol. The van der Waals surface area contributed by atoms with Gasteiger partial charge < -0.3 is 5.11 Å². The lowest BCUT2D eigenvalue weighted by Crippen LogP contribution is -1.86. The highest BCUT2D eigenvalue weighted by molar-refractivity contribution is 5.75. The van der Waals surface area contributed by atoms with Crippen LogP contribution in [0.2, 0.25) is 0 Å². The Hall–Kier alpha value is -1.57. The topological polar surface area (TPSA) is 33.1 Å². The van der Waals surface area contributed by atoms with E-state index < -0.39 is 0 Å².